The largest absolute Gasteiger partial charge is 0.463 e. The lowest BCUT2D eigenvalue weighted by molar-refractivity contribution is -0.137. The van der Waals surface area contributed by atoms with Crippen molar-refractivity contribution in [1.82, 2.24) is 0 Å². The first-order valence-electron chi connectivity index (χ1n) is 7.37. The highest BCUT2D eigenvalue weighted by Crippen LogP contribution is 2.22. The van der Waals surface area contributed by atoms with Crippen molar-refractivity contribution < 1.29 is 9.53 Å². The number of hydrogen-bond acceptors (Lipinski definition) is 3. The zero-order valence-electron chi connectivity index (χ0n) is 14.0. The van der Waals surface area contributed by atoms with Crippen molar-refractivity contribution in [3.63, 3.8) is 0 Å². The second kappa shape index (κ2) is 9.21. The molecule has 1 aromatic rings. The third-order valence-corrected chi connectivity index (χ3v) is 3.94. The molecule has 0 aliphatic carbocycles. The van der Waals surface area contributed by atoms with Crippen LogP contribution in [0.5, 0.6) is 0 Å². The Bertz CT molecular complexity index is 628. The van der Waals surface area contributed by atoms with Crippen molar-refractivity contribution in [2.45, 2.75) is 34.6 Å². The summed E-state index contributed by atoms with van der Waals surface area (Å²) < 4.78 is 4.87. The van der Waals surface area contributed by atoms with E-state index in [-0.39, 0.29) is 5.97 Å². The molecule has 0 aromatic carbocycles. The van der Waals surface area contributed by atoms with Crippen LogP contribution in [0.1, 0.15) is 36.1 Å². The zero-order chi connectivity index (χ0) is 16.5. The molecular weight excluding hydrogens is 292 g/mol. The molecule has 22 heavy (non-hydrogen) atoms. The van der Waals surface area contributed by atoms with Crippen molar-refractivity contribution in [1.29, 1.82) is 0 Å². The van der Waals surface area contributed by atoms with Crippen LogP contribution >= 0.6 is 11.3 Å². The summed E-state index contributed by atoms with van der Waals surface area (Å²) in [7, 11) is 0. The molecule has 0 bridgehead atoms. The molecule has 1 aromatic heterocycles. The fourth-order valence-corrected chi connectivity index (χ4v) is 2.78. The lowest BCUT2D eigenvalue weighted by Crippen LogP contribution is -1.99. The average molecular weight is 316 g/mol. The SMILES string of the molecule is CCOC(=O)C=C(C)C=CC=C(C)C=Cc1cc(C)sc1C. The van der Waals surface area contributed by atoms with Gasteiger partial charge in [-0.15, -0.1) is 11.3 Å². The molecule has 0 saturated heterocycles. The van der Waals surface area contributed by atoms with E-state index in [4.69, 9.17) is 4.74 Å². The van der Waals surface area contributed by atoms with Gasteiger partial charge in [0.2, 0.25) is 0 Å². The molecule has 0 N–H and O–H groups in total. The van der Waals surface area contributed by atoms with Gasteiger partial charge in [-0.05, 0) is 51.8 Å². The van der Waals surface area contributed by atoms with Crippen molar-refractivity contribution >= 4 is 23.4 Å². The Morgan fingerprint density at radius 1 is 1.23 bits per heavy atom. The molecule has 0 fully saturated rings. The van der Waals surface area contributed by atoms with Gasteiger partial charge in [-0.25, -0.2) is 4.79 Å². The molecule has 0 amide bonds. The van der Waals surface area contributed by atoms with Crippen LogP contribution < -0.4 is 0 Å². The quantitative estimate of drug-likeness (QED) is 0.399. The molecule has 2 nitrogen and oxygen atoms in total. The highest BCUT2D eigenvalue weighted by atomic mass is 32.1. The Kier molecular flexibility index (Phi) is 7.61. The summed E-state index contributed by atoms with van der Waals surface area (Å²) in [6.07, 6.45) is 11.6. The second-order valence-electron chi connectivity index (χ2n) is 5.11. The van der Waals surface area contributed by atoms with E-state index < -0.39 is 0 Å². The fourth-order valence-electron chi connectivity index (χ4n) is 1.86. The third kappa shape index (κ3) is 6.72. The predicted molar refractivity (Wildman–Crippen MR) is 96.1 cm³/mol. The smallest absolute Gasteiger partial charge is 0.330 e. The van der Waals surface area contributed by atoms with Gasteiger partial charge in [0.05, 0.1) is 6.61 Å². The van der Waals surface area contributed by atoms with Crippen LogP contribution in [0, 0.1) is 13.8 Å². The van der Waals surface area contributed by atoms with Gasteiger partial charge in [-0.2, -0.15) is 0 Å². The van der Waals surface area contributed by atoms with E-state index >= 15 is 0 Å². The normalized spacial score (nSPS) is 13.3. The van der Waals surface area contributed by atoms with Crippen LogP contribution in [0.4, 0.5) is 0 Å². The van der Waals surface area contributed by atoms with E-state index in [1.807, 2.05) is 36.5 Å². The summed E-state index contributed by atoms with van der Waals surface area (Å²) in [5.74, 6) is -0.298. The van der Waals surface area contributed by atoms with Crippen molar-refractivity contribution in [3.8, 4) is 0 Å². The van der Waals surface area contributed by atoms with Gasteiger partial charge in [-0.1, -0.05) is 36.0 Å². The van der Waals surface area contributed by atoms with Gasteiger partial charge in [0.15, 0.2) is 0 Å². The molecule has 0 aliphatic heterocycles. The lowest BCUT2D eigenvalue weighted by atomic mass is 10.1. The Balaban J connectivity index is 2.64. The summed E-state index contributed by atoms with van der Waals surface area (Å²) >= 11 is 1.82. The van der Waals surface area contributed by atoms with E-state index in [1.165, 1.54) is 21.4 Å². The van der Waals surface area contributed by atoms with Gasteiger partial charge in [0.25, 0.3) is 0 Å². The number of aryl methyl sites for hydroxylation is 2. The topological polar surface area (TPSA) is 26.3 Å². The number of carbonyl (C=O) groups is 1. The van der Waals surface area contributed by atoms with Crippen LogP contribution in [0.2, 0.25) is 0 Å². The summed E-state index contributed by atoms with van der Waals surface area (Å²) in [5.41, 5.74) is 3.30. The zero-order valence-corrected chi connectivity index (χ0v) is 14.8. The number of hydrogen-bond donors (Lipinski definition) is 0. The van der Waals surface area contributed by atoms with Crippen molar-refractivity contribution in [3.05, 3.63) is 62.9 Å². The van der Waals surface area contributed by atoms with Gasteiger partial charge in [0.1, 0.15) is 0 Å². The maximum Gasteiger partial charge on any atom is 0.330 e. The maximum atomic E-state index is 11.3. The molecule has 0 spiro atoms. The maximum absolute atomic E-state index is 11.3. The number of thiophene rings is 1. The monoisotopic (exact) mass is 316 g/mol. The first kappa shape index (κ1) is 18.2. The molecule has 1 rings (SSSR count). The first-order chi connectivity index (χ1) is 10.4. The van der Waals surface area contributed by atoms with E-state index in [0.717, 1.165) is 11.1 Å². The molecular formula is C19H24O2S. The fraction of sp³-hybridized carbons (Fsp3) is 0.316. The van der Waals surface area contributed by atoms with Gasteiger partial charge < -0.3 is 4.74 Å². The van der Waals surface area contributed by atoms with Crippen LogP contribution in [-0.2, 0) is 9.53 Å². The minimum atomic E-state index is -0.298. The second-order valence-corrected chi connectivity index (χ2v) is 6.57. The highest BCUT2D eigenvalue weighted by Gasteiger charge is 1.98. The molecule has 3 heteroatoms. The number of carbonyl (C=O) groups excluding carboxylic acids is 1. The molecule has 0 saturated carbocycles. The molecule has 0 atom stereocenters. The van der Waals surface area contributed by atoms with Gasteiger partial charge in [-0.3, -0.25) is 0 Å². The van der Waals surface area contributed by atoms with E-state index in [2.05, 4.69) is 39.0 Å². The molecule has 0 unspecified atom stereocenters. The summed E-state index contributed by atoms with van der Waals surface area (Å²) in [6, 6.07) is 2.20. The number of allylic oxidation sites excluding steroid dienone is 6. The first-order valence-corrected chi connectivity index (χ1v) is 8.19. The minimum Gasteiger partial charge on any atom is -0.463 e. The minimum absolute atomic E-state index is 0.298. The Labute approximate surface area is 137 Å². The van der Waals surface area contributed by atoms with E-state index in [1.54, 1.807) is 6.92 Å². The summed E-state index contributed by atoms with van der Waals surface area (Å²) in [4.78, 5) is 14.0. The molecule has 1 heterocycles. The lowest BCUT2D eigenvalue weighted by Gasteiger charge is -1.96. The highest BCUT2D eigenvalue weighted by molar-refractivity contribution is 7.12. The number of rotatable bonds is 6. The van der Waals surface area contributed by atoms with Crippen LogP contribution in [0.3, 0.4) is 0 Å². The molecule has 0 radical (unpaired) electrons. The van der Waals surface area contributed by atoms with Crippen molar-refractivity contribution in [2.75, 3.05) is 6.61 Å². The summed E-state index contributed by atoms with van der Waals surface area (Å²) in [5, 5.41) is 0. The van der Waals surface area contributed by atoms with Gasteiger partial charge in [0, 0.05) is 15.8 Å². The predicted octanol–water partition coefficient (Wildman–Crippen LogP) is 5.39. The number of ether oxygens (including phenoxy) is 1. The molecule has 0 aliphatic rings. The standard InChI is InChI=1S/C19H24O2S/c1-6-21-19(20)12-15(3)9-7-8-14(2)10-11-18-13-16(4)22-17(18)5/h7-13H,6H2,1-5H3. The van der Waals surface area contributed by atoms with Crippen LogP contribution in [0.15, 0.2) is 47.6 Å². The van der Waals surface area contributed by atoms with Crippen molar-refractivity contribution in [2.24, 2.45) is 0 Å². The average Bonchev–Trinajstić information content (AvgIpc) is 2.74. The van der Waals surface area contributed by atoms with E-state index in [0.29, 0.717) is 6.61 Å². The van der Waals surface area contributed by atoms with E-state index in [9.17, 15) is 4.79 Å². The number of esters is 1. The van der Waals surface area contributed by atoms with Crippen LogP contribution in [0.25, 0.3) is 6.08 Å². The third-order valence-electron chi connectivity index (χ3n) is 2.96. The van der Waals surface area contributed by atoms with Gasteiger partial charge >= 0.3 is 5.97 Å². The Hall–Kier alpha value is -1.87. The van der Waals surface area contributed by atoms with Crippen LogP contribution in [-0.4, -0.2) is 12.6 Å². The Morgan fingerprint density at radius 3 is 2.55 bits per heavy atom. The summed E-state index contributed by atoms with van der Waals surface area (Å²) in [6.45, 7) is 10.4. The molecule has 118 valence electrons. The Morgan fingerprint density at radius 2 is 1.95 bits per heavy atom.